The maximum absolute atomic E-state index is 13.5. The van der Waals surface area contributed by atoms with E-state index in [-0.39, 0.29) is 0 Å². The third-order valence-electron chi connectivity index (χ3n) is 2.90. The van der Waals surface area contributed by atoms with Crippen LogP contribution in [0.1, 0.15) is 11.1 Å². The van der Waals surface area contributed by atoms with Crippen LogP contribution in [0, 0.1) is 22.9 Å². The Morgan fingerprint density at radius 2 is 2.10 bits per heavy atom. The molecule has 2 aromatic rings. The number of hydrogen-bond donors (Lipinski definition) is 1. The van der Waals surface area contributed by atoms with E-state index >= 15 is 0 Å². The normalized spacial score (nSPS) is 10.3. The van der Waals surface area contributed by atoms with Gasteiger partial charge in [-0.3, -0.25) is 10.1 Å². The molecule has 0 heterocycles. The van der Waals surface area contributed by atoms with Crippen LogP contribution in [0.4, 0.5) is 15.8 Å². The maximum atomic E-state index is 13.5. The molecule has 0 spiro atoms. The molecule has 0 bridgehead atoms. The van der Waals surface area contributed by atoms with E-state index in [0.29, 0.717) is 17.1 Å². The largest absolute Gasteiger partial charge is 0.380 e. The summed E-state index contributed by atoms with van der Waals surface area (Å²) in [6.45, 7) is 2.24. The zero-order valence-electron chi connectivity index (χ0n) is 10.7. The lowest BCUT2D eigenvalue weighted by Crippen LogP contribution is -2.03. The standard InChI is InChI=1S/C14H12ClFN2O2/c1-9-3-2-4-11(15)14(9)17-8-10-5-6-13(18(19)20)12(16)7-10/h2-7,17H,8H2,1H3. The number of benzene rings is 2. The molecule has 2 rings (SSSR count). The van der Waals surface area contributed by atoms with Crippen molar-refractivity contribution in [3.8, 4) is 0 Å². The molecule has 0 saturated carbocycles. The zero-order valence-corrected chi connectivity index (χ0v) is 11.4. The van der Waals surface area contributed by atoms with Gasteiger partial charge in [0, 0.05) is 12.6 Å². The van der Waals surface area contributed by atoms with Crippen molar-refractivity contribution in [1.82, 2.24) is 0 Å². The summed E-state index contributed by atoms with van der Waals surface area (Å²) in [6.07, 6.45) is 0. The minimum absolute atomic E-state index is 0.333. The number of anilines is 1. The van der Waals surface area contributed by atoms with E-state index in [4.69, 9.17) is 11.6 Å². The number of hydrogen-bond acceptors (Lipinski definition) is 3. The lowest BCUT2D eigenvalue weighted by molar-refractivity contribution is -0.387. The van der Waals surface area contributed by atoms with E-state index in [9.17, 15) is 14.5 Å². The van der Waals surface area contributed by atoms with Gasteiger partial charge in [0.15, 0.2) is 0 Å². The Hall–Kier alpha value is -2.14. The minimum Gasteiger partial charge on any atom is -0.380 e. The second kappa shape index (κ2) is 5.88. The van der Waals surface area contributed by atoms with Gasteiger partial charge in [-0.15, -0.1) is 0 Å². The molecule has 0 atom stereocenters. The number of nitro benzene ring substituents is 1. The van der Waals surface area contributed by atoms with Crippen LogP contribution < -0.4 is 5.32 Å². The highest BCUT2D eigenvalue weighted by molar-refractivity contribution is 6.33. The molecule has 0 amide bonds. The molecule has 0 fully saturated rings. The number of halogens is 2. The maximum Gasteiger partial charge on any atom is 0.304 e. The highest BCUT2D eigenvalue weighted by Crippen LogP contribution is 2.26. The van der Waals surface area contributed by atoms with E-state index in [2.05, 4.69) is 5.32 Å². The van der Waals surface area contributed by atoms with E-state index in [1.807, 2.05) is 19.1 Å². The highest BCUT2D eigenvalue weighted by atomic mass is 35.5. The van der Waals surface area contributed by atoms with Crippen LogP contribution in [0.3, 0.4) is 0 Å². The Morgan fingerprint density at radius 3 is 2.70 bits per heavy atom. The second-order valence-corrected chi connectivity index (χ2v) is 4.74. The van der Waals surface area contributed by atoms with Gasteiger partial charge in [0.2, 0.25) is 5.82 Å². The molecule has 0 saturated heterocycles. The molecule has 0 unspecified atom stereocenters. The fraction of sp³-hybridized carbons (Fsp3) is 0.143. The summed E-state index contributed by atoms with van der Waals surface area (Å²) in [6, 6.07) is 9.33. The first kappa shape index (κ1) is 14.3. The van der Waals surface area contributed by atoms with E-state index in [1.165, 1.54) is 6.07 Å². The van der Waals surface area contributed by atoms with E-state index in [1.54, 1.807) is 6.07 Å². The third-order valence-corrected chi connectivity index (χ3v) is 3.21. The molecule has 6 heteroatoms. The van der Waals surface area contributed by atoms with Crippen LogP contribution in [-0.2, 0) is 6.54 Å². The summed E-state index contributed by atoms with van der Waals surface area (Å²) in [5, 5.41) is 14.2. The van der Waals surface area contributed by atoms with Crippen LogP contribution in [-0.4, -0.2) is 4.92 Å². The molecule has 0 aromatic heterocycles. The molecule has 0 radical (unpaired) electrons. The van der Waals surface area contributed by atoms with Crippen LogP contribution in [0.2, 0.25) is 5.02 Å². The Labute approximate surface area is 120 Å². The fourth-order valence-electron chi connectivity index (χ4n) is 1.85. The van der Waals surface area contributed by atoms with Gasteiger partial charge < -0.3 is 5.32 Å². The molecular weight excluding hydrogens is 283 g/mol. The van der Waals surface area contributed by atoms with Crippen LogP contribution >= 0.6 is 11.6 Å². The summed E-state index contributed by atoms with van der Waals surface area (Å²) < 4.78 is 13.5. The van der Waals surface area contributed by atoms with E-state index in [0.717, 1.165) is 23.4 Å². The Kier molecular flexibility index (Phi) is 4.20. The molecule has 0 aliphatic rings. The average molecular weight is 295 g/mol. The predicted octanol–water partition coefficient (Wildman–Crippen LogP) is 4.31. The molecular formula is C14H12ClFN2O2. The third kappa shape index (κ3) is 3.05. The topological polar surface area (TPSA) is 55.2 Å². The molecule has 2 aromatic carbocycles. The number of para-hydroxylation sites is 1. The summed E-state index contributed by atoms with van der Waals surface area (Å²) in [7, 11) is 0. The smallest absolute Gasteiger partial charge is 0.304 e. The fourth-order valence-corrected chi connectivity index (χ4v) is 2.14. The predicted molar refractivity (Wildman–Crippen MR) is 76.6 cm³/mol. The molecule has 20 heavy (non-hydrogen) atoms. The van der Waals surface area contributed by atoms with Gasteiger partial charge >= 0.3 is 5.69 Å². The van der Waals surface area contributed by atoms with Crippen LogP contribution in [0.15, 0.2) is 36.4 Å². The summed E-state index contributed by atoms with van der Waals surface area (Å²) in [4.78, 5) is 9.79. The molecule has 1 N–H and O–H groups in total. The lowest BCUT2D eigenvalue weighted by atomic mass is 10.1. The number of nitrogens with one attached hydrogen (secondary N) is 1. The van der Waals surface area contributed by atoms with Gasteiger partial charge in [-0.1, -0.05) is 29.8 Å². The quantitative estimate of drug-likeness (QED) is 0.675. The van der Waals surface area contributed by atoms with Crippen molar-refractivity contribution in [3.05, 3.63) is 68.5 Å². The van der Waals surface area contributed by atoms with Crippen LogP contribution in [0.5, 0.6) is 0 Å². The summed E-state index contributed by atoms with van der Waals surface area (Å²) >= 11 is 6.07. The lowest BCUT2D eigenvalue weighted by Gasteiger charge is -2.11. The van der Waals surface area contributed by atoms with Crippen molar-refractivity contribution in [1.29, 1.82) is 0 Å². The van der Waals surface area contributed by atoms with Gasteiger partial charge in [-0.25, -0.2) is 0 Å². The van der Waals surface area contributed by atoms with Gasteiger partial charge in [0.25, 0.3) is 0 Å². The van der Waals surface area contributed by atoms with Crippen molar-refractivity contribution in [2.75, 3.05) is 5.32 Å². The van der Waals surface area contributed by atoms with Crippen molar-refractivity contribution >= 4 is 23.0 Å². The van der Waals surface area contributed by atoms with Crippen molar-refractivity contribution in [3.63, 3.8) is 0 Å². The van der Waals surface area contributed by atoms with Crippen molar-refractivity contribution in [2.45, 2.75) is 13.5 Å². The number of nitro groups is 1. The molecule has 0 aliphatic heterocycles. The van der Waals surface area contributed by atoms with Crippen LogP contribution in [0.25, 0.3) is 0 Å². The highest BCUT2D eigenvalue weighted by Gasteiger charge is 2.13. The Morgan fingerprint density at radius 1 is 1.35 bits per heavy atom. The first-order chi connectivity index (χ1) is 9.49. The molecule has 0 aliphatic carbocycles. The molecule has 104 valence electrons. The minimum atomic E-state index is -0.842. The zero-order chi connectivity index (χ0) is 14.7. The Balaban J connectivity index is 2.16. The van der Waals surface area contributed by atoms with Gasteiger partial charge in [-0.05, 0) is 30.2 Å². The summed E-state index contributed by atoms with van der Waals surface area (Å²) in [5.41, 5.74) is 1.82. The number of rotatable bonds is 4. The Bertz CT molecular complexity index is 641. The van der Waals surface area contributed by atoms with Gasteiger partial charge in [0.1, 0.15) is 0 Å². The number of nitrogens with zero attached hydrogens (tertiary/aromatic N) is 1. The van der Waals surface area contributed by atoms with Crippen molar-refractivity contribution in [2.24, 2.45) is 0 Å². The molecule has 4 nitrogen and oxygen atoms in total. The monoisotopic (exact) mass is 294 g/mol. The van der Waals surface area contributed by atoms with Gasteiger partial charge in [0.05, 0.1) is 15.6 Å². The summed E-state index contributed by atoms with van der Waals surface area (Å²) in [5.74, 6) is -0.842. The van der Waals surface area contributed by atoms with E-state index < -0.39 is 16.4 Å². The van der Waals surface area contributed by atoms with Crippen molar-refractivity contribution < 1.29 is 9.31 Å². The van der Waals surface area contributed by atoms with Gasteiger partial charge in [-0.2, -0.15) is 4.39 Å². The SMILES string of the molecule is Cc1cccc(Cl)c1NCc1ccc([N+](=O)[O-])c(F)c1. The first-order valence-electron chi connectivity index (χ1n) is 5.91. The number of aryl methyl sites for hydroxylation is 1. The average Bonchev–Trinajstić information content (AvgIpc) is 2.37. The second-order valence-electron chi connectivity index (χ2n) is 4.33. The first-order valence-corrected chi connectivity index (χ1v) is 6.28.